The molecule has 0 bridgehead atoms. The van der Waals surface area contributed by atoms with Crippen molar-refractivity contribution < 1.29 is 63.0 Å². The topological polar surface area (TPSA) is 432 Å². The van der Waals surface area contributed by atoms with Crippen molar-refractivity contribution >= 4 is 92.6 Å². The van der Waals surface area contributed by atoms with Crippen molar-refractivity contribution in [2.45, 2.75) is 107 Å². The Balaban J connectivity index is 1.68. The van der Waals surface area contributed by atoms with Crippen molar-refractivity contribution in [3.63, 3.8) is 0 Å². The van der Waals surface area contributed by atoms with Crippen LogP contribution in [-0.2, 0) is 65.6 Å². The van der Waals surface area contributed by atoms with Crippen LogP contribution in [0.25, 0.3) is 0 Å². The van der Waals surface area contributed by atoms with Crippen molar-refractivity contribution in [1.82, 2.24) is 42.1 Å². The summed E-state index contributed by atoms with van der Waals surface area (Å²) in [4.78, 5) is 152. The highest BCUT2D eigenvalue weighted by Crippen LogP contribution is 2.26. The summed E-state index contributed by atoms with van der Waals surface area (Å²) >= 11 is 0. The van der Waals surface area contributed by atoms with Crippen LogP contribution in [0.2, 0.25) is 0 Å². The third kappa shape index (κ3) is 20.1. The number of hydrogen-bond donors (Lipinski definition) is 13. The van der Waals surface area contributed by atoms with Gasteiger partial charge in [-0.3, -0.25) is 57.7 Å². The van der Waals surface area contributed by atoms with E-state index in [2.05, 4.69) is 42.2 Å². The number of phenolic OH excluding ortho intramolecular Hbond substituents is 1. The van der Waals surface area contributed by atoms with Gasteiger partial charge in [-0.15, -0.1) is 0 Å². The van der Waals surface area contributed by atoms with Gasteiger partial charge in [0.05, 0.1) is 6.42 Å². The van der Waals surface area contributed by atoms with E-state index in [9.17, 15) is 57.8 Å². The predicted molar refractivity (Wildman–Crippen MR) is 271 cm³/mol. The molecule has 2 saturated heterocycles. The molecule has 2 heterocycles. The number of primary amides is 2. The first-order chi connectivity index (χ1) is 35.2. The maximum Gasteiger partial charge on any atom is 0.322 e. The van der Waals surface area contributed by atoms with Crippen LogP contribution in [0.5, 0.6) is 5.75 Å². The quantitative estimate of drug-likeness (QED) is 0.0278. The number of guanidine groups is 1. The number of nitrogens with one attached hydrogen (secondary N) is 7. The molecule has 4 rings (SSSR count). The van der Waals surface area contributed by atoms with Crippen molar-refractivity contribution in [1.29, 1.82) is 0 Å². The number of carbonyl (C=O) groups is 11. The van der Waals surface area contributed by atoms with Gasteiger partial charge in [0, 0.05) is 50.3 Å². The number of nitrogens with two attached hydrogens (primary N) is 4. The SMILES string of the molecule is NC(=O)CC[C@H]1NC(=O)[C@H](Cc2ccccc2)NC(=O)[C@@H](Cc2ccc(O)cc2)NC(=O)CCSSC[C@@H](C(=O)N2CCC[C@@H]2C(=O)N[C@@H](CCCN=C(N)N)C(=O)NCC(=O)O)NC(=O)[C@H](CC(N)=O)NC1=O. The number of carboxylic acid groups (broad SMARTS) is 1. The average Bonchev–Trinajstić information content (AvgIpc) is 3.85. The molecule has 2 aromatic carbocycles. The predicted octanol–water partition coefficient (Wildman–Crippen LogP) is -3.74. The minimum Gasteiger partial charge on any atom is -0.508 e. The molecule has 0 aromatic heterocycles. The number of hydrogen-bond acceptors (Lipinski definition) is 15. The summed E-state index contributed by atoms with van der Waals surface area (Å²) in [6.45, 7) is -0.665. The second-order valence-corrected chi connectivity index (χ2v) is 19.9. The van der Waals surface area contributed by atoms with E-state index in [1.165, 1.54) is 17.0 Å². The van der Waals surface area contributed by atoms with E-state index in [0.717, 1.165) is 21.6 Å². The molecule has 402 valence electrons. The Bertz CT molecular complexity index is 2380. The average molecular weight is 1070 g/mol. The summed E-state index contributed by atoms with van der Waals surface area (Å²) in [6, 6.07) is 4.37. The molecule has 2 aliphatic rings. The Hall–Kier alpha value is -7.62. The molecule has 28 heteroatoms. The third-order valence-electron chi connectivity index (χ3n) is 11.5. The minimum atomic E-state index is -1.78. The van der Waals surface area contributed by atoms with Crippen LogP contribution in [0.4, 0.5) is 0 Å². The van der Waals surface area contributed by atoms with E-state index < -0.39 is 133 Å². The molecule has 0 unspecified atom stereocenters. The number of aliphatic imine (C=N–C) groups is 1. The highest BCUT2D eigenvalue weighted by molar-refractivity contribution is 8.76. The van der Waals surface area contributed by atoms with Crippen LogP contribution in [0, 0.1) is 0 Å². The first kappa shape index (κ1) is 58.9. The molecule has 74 heavy (non-hydrogen) atoms. The Morgan fingerprint density at radius 3 is 2.00 bits per heavy atom. The zero-order chi connectivity index (χ0) is 54.3. The summed E-state index contributed by atoms with van der Waals surface area (Å²) in [6.07, 6.45) is -1.48. The monoisotopic (exact) mass is 1070 g/mol. The van der Waals surface area contributed by atoms with E-state index >= 15 is 0 Å². The number of phenols is 1. The lowest BCUT2D eigenvalue weighted by molar-refractivity contribution is -0.142. The summed E-state index contributed by atoms with van der Waals surface area (Å²) in [5, 5.41) is 36.7. The fraction of sp³-hybridized carbons (Fsp3) is 0.478. The first-order valence-electron chi connectivity index (χ1n) is 23.5. The van der Waals surface area contributed by atoms with Crippen molar-refractivity contribution in [3.05, 3.63) is 65.7 Å². The van der Waals surface area contributed by atoms with Gasteiger partial charge in [-0.2, -0.15) is 0 Å². The largest absolute Gasteiger partial charge is 0.508 e. The van der Waals surface area contributed by atoms with E-state index in [1.807, 2.05) is 0 Å². The Labute approximate surface area is 433 Å². The number of carboxylic acids is 1. The molecule has 17 N–H and O–H groups in total. The number of amides is 10. The van der Waals surface area contributed by atoms with Crippen LogP contribution in [0.15, 0.2) is 59.6 Å². The van der Waals surface area contributed by atoms with E-state index in [0.29, 0.717) is 17.5 Å². The van der Waals surface area contributed by atoms with Crippen LogP contribution in [-0.4, -0.2) is 160 Å². The summed E-state index contributed by atoms with van der Waals surface area (Å²) in [5.74, 6) is -10.5. The molecule has 0 radical (unpaired) electrons. The lowest BCUT2D eigenvalue weighted by Gasteiger charge is -2.31. The number of nitrogens with zero attached hydrogens (tertiary/aromatic N) is 2. The highest BCUT2D eigenvalue weighted by atomic mass is 33.1. The maximum atomic E-state index is 14.5. The molecular weight excluding hydrogens is 1010 g/mol. The molecule has 7 atom stereocenters. The number of rotatable bonds is 19. The molecule has 2 fully saturated rings. The normalized spacial score (nSPS) is 21.7. The van der Waals surface area contributed by atoms with E-state index in [4.69, 9.17) is 28.0 Å². The van der Waals surface area contributed by atoms with Crippen LogP contribution < -0.4 is 60.2 Å². The number of likely N-dealkylation sites (tertiary alicyclic amines) is 1. The van der Waals surface area contributed by atoms with E-state index in [-0.39, 0.29) is 74.8 Å². The molecule has 0 saturated carbocycles. The van der Waals surface area contributed by atoms with Gasteiger partial charge in [0.1, 0.15) is 54.6 Å². The smallest absolute Gasteiger partial charge is 0.322 e. The van der Waals surface area contributed by atoms with Gasteiger partial charge in [-0.1, -0.05) is 64.1 Å². The van der Waals surface area contributed by atoms with Gasteiger partial charge in [0.25, 0.3) is 0 Å². The summed E-state index contributed by atoms with van der Waals surface area (Å²) in [5.41, 5.74) is 22.9. The van der Waals surface area contributed by atoms with Crippen molar-refractivity contribution in [2.24, 2.45) is 27.9 Å². The molecule has 0 spiro atoms. The maximum absolute atomic E-state index is 14.5. The van der Waals surface area contributed by atoms with Gasteiger partial charge in [0.15, 0.2) is 5.96 Å². The second-order valence-electron chi connectivity index (χ2n) is 17.3. The van der Waals surface area contributed by atoms with Crippen LogP contribution in [0.1, 0.15) is 62.5 Å². The number of aliphatic carboxylic acids is 1. The number of benzene rings is 2. The van der Waals surface area contributed by atoms with Gasteiger partial charge in [-0.05, 0) is 55.4 Å². The van der Waals surface area contributed by atoms with Gasteiger partial charge >= 0.3 is 5.97 Å². The van der Waals surface area contributed by atoms with Gasteiger partial charge < -0.3 is 75.3 Å². The summed E-state index contributed by atoms with van der Waals surface area (Å²) in [7, 11) is 2.17. The Morgan fingerprint density at radius 1 is 0.757 bits per heavy atom. The molecule has 2 aromatic rings. The first-order valence-corrected chi connectivity index (χ1v) is 26.0. The van der Waals surface area contributed by atoms with Crippen LogP contribution >= 0.6 is 21.6 Å². The molecular formula is C46H63N13O13S2. The Kier molecular flexibility index (Phi) is 23.7. The molecule has 26 nitrogen and oxygen atoms in total. The highest BCUT2D eigenvalue weighted by Gasteiger charge is 2.40. The Morgan fingerprint density at radius 2 is 1.36 bits per heavy atom. The van der Waals surface area contributed by atoms with Gasteiger partial charge in [0.2, 0.25) is 59.1 Å². The van der Waals surface area contributed by atoms with Crippen molar-refractivity contribution in [3.8, 4) is 5.75 Å². The minimum absolute atomic E-state index is 0.00842. The lowest BCUT2D eigenvalue weighted by Crippen LogP contribution is -2.61. The standard InChI is InChI=1S/C46H63N13O13S2/c47-35(61)15-14-29-40(67)57-32(22-36(48)62)43(70)58-33(45(72)59-18-5-9-34(59)44(71)55-28(8-4-17-51-46(49)50)39(66)52-23-38(64)65)24-74-73-19-16-37(63)53-30(21-26-10-12-27(60)13-11-26)41(68)56-31(42(69)54-29)20-25-6-2-1-3-7-25/h1-3,6-7,10-13,28-34,60H,4-5,8-9,14-24H2,(H2,47,61)(H2,48,62)(H,52,66)(H,53,63)(H,54,69)(H,55,71)(H,56,68)(H,57,67)(H,58,70)(H,64,65)(H4,49,50,51)/t28-,29+,30+,31-,32-,33-,34+/m0/s1. The van der Waals surface area contributed by atoms with Gasteiger partial charge in [-0.25, -0.2) is 0 Å². The molecule has 0 aliphatic carbocycles. The molecule has 2 aliphatic heterocycles. The fourth-order valence-corrected chi connectivity index (χ4v) is 9.92. The molecule has 10 amide bonds. The number of aromatic hydroxyl groups is 1. The van der Waals surface area contributed by atoms with Crippen molar-refractivity contribution in [2.75, 3.05) is 31.1 Å². The van der Waals surface area contributed by atoms with Crippen LogP contribution in [0.3, 0.4) is 0 Å². The lowest BCUT2D eigenvalue weighted by atomic mass is 10.0. The zero-order valence-corrected chi connectivity index (χ0v) is 41.9. The fourth-order valence-electron chi connectivity index (χ4n) is 7.77. The summed E-state index contributed by atoms with van der Waals surface area (Å²) < 4.78 is 0. The zero-order valence-electron chi connectivity index (χ0n) is 40.2. The number of carbonyl (C=O) groups excluding carboxylic acids is 10. The third-order valence-corrected chi connectivity index (χ3v) is 13.9. The van der Waals surface area contributed by atoms with E-state index in [1.54, 1.807) is 42.5 Å². The second kappa shape index (κ2) is 29.8.